The van der Waals surface area contributed by atoms with Crippen LogP contribution >= 0.6 is 23.5 Å². The number of nitrogens with one attached hydrogen (secondary N) is 2. The van der Waals surface area contributed by atoms with E-state index in [-0.39, 0.29) is 0 Å². The van der Waals surface area contributed by atoms with Gasteiger partial charge < -0.3 is 4.90 Å². The lowest BCUT2D eigenvalue weighted by Crippen LogP contribution is -2.37. The van der Waals surface area contributed by atoms with Gasteiger partial charge in [-0.25, -0.2) is 5.43 Å². The van der Waals surface area contributed by atoms with Gasteiger partial charge in [-0.05, 0) is 38.0 Å². The molecule has 0 aliphatic carbocycles. The standard InChI is InChI=1S/C14H22N6S2/c1-20(2)9-12-4-5-16-13(8-12)10-22-7-6-18-19-14(21-3)17-11-15/h4-5,8,18H,6-7,9-10H2,1-3H3,(H,17,19). The van der Waals surface area contributed by atoms with Crippen LogP contribution in [0, 0.1) is 11.5 Å². The van der Waals surface area contributed by atoms with Crippen molar-refractivity contribution in [2.24, 2.45) is 4.99 Å². The van der Waals surface area contributed by atoms with Crippen molar-refractivity contribution in [2.75, 3.05) is 32.6 Å². The normalized spacial score (nSPS) is 11.5. The van der Waals surface area contributed by atoms with Crippen LogP contribution in [-0.4, -0.2) is 47.7 Å². The average Bonchev–Trinajstić information content (AvgIpc) is 2.49. The Labute approximate surface area is 140 Å². The van der Waals surface area contributed by atoms with Gasteiger partial charge in [-0.2, -0.15) is 17.0 Å². The van der Waals surface area contributed by atoms with Crippen molar-refractivity contribution in [3.05, 3.63) is 29.6 Å². The highest BCUT2D eigenvalue weighted by atomic mass is 32.2. The van der Waals surface area contributed by atoms with Crippen LogP contribution in [0.4, 0.5) is 0 Å². The molecule has 1 aromatic rings. The van der Waals surface area contributed by atoms with Gasteiger partial charge in [-0.1, -0.05) is 11.8 Å². The van der Waals surface area contributed by atoms with Gasteiger partial charge in [0.25, 0.3) is 0 Å². The SMILES string of the molecule is CSC(=NC#N)NNCCSCc1cc(CN(C)C)ccn1. The summed E-state index contributed by atoms with van der Waals surface area (Å²) < 4.78 is 0. The molecule has 6 nitrogen and oxygen atoms in total. The third kappa shape index (κ3) is 8.24. The van der Waals surface area contributed by atoms with E-state index >= 15 is 0 Å². The number of aliphatic imine (C=N–C) groups is 1. The Balaban J connectivity index is 2.22. The molecule has 0 saturated carbocycles. The molecule has 1 aromatic heterocycles. The van der Waals surface area contributed by atoms with Gasteiger partial charge in [-0.15, -0.1) is 4.99 Å². The zero-order valence-electron chi connectivity index (χ0n) is 13.2. The predicted octanol–water partition coefficient (Wildman–Crippen LogP) is 1.67. The van der Waals surface area contributed by atoms with Crippen molar-refractivity contribution in [1.82, 2.24) is 20.7 Å². The number of amidine groups is 1. The number of rotatable bonds is 8. The van der Waals surface area contributed by atoms with E-state index in [1.807, 2.05) is 24.2 Å². The zero-order chi connectivity index (χ0) is 16.2. The maximum Gasteiger partial charge on any atom is 0.208 e. The summed E-state index contributed by atoms with van der Waals surface area (Å²) in [7, 11) is 4.12. The monoisotopic (exact) mass is 338 g/mol. The minimum Gasteiger partial charge on any atom is -0.305 e. The Morgan fingerprint density at radius 2 is 2.32 bits per heavy atom. The number of hydrazine groups is 1. The van der Waals surface area contributed by atoms with E-state index in [9.17, 15) is 0 Å². The molecule has 0 spiro atoms. The van der Waals surface area contributed by atoms with Crippen LogP contribution in [0.1, 0.15) is 11.3 Å². The third-order valence-corrected chi connectivity index (χ3v) is 4.11. The summed E-state index contributed by atoms with van der Waals surface area (Å²) in [4.78, 5) is 10.2. The van der Waals surface area contributed by atoms with Crippen molar-refractivity contribution >= 4 is 28.7 Å². The fourth-order valence-corrected chi connectivity index (χ4v) is 2.74. The quantitative estimate of drug-likeness (QED) is 0.245. The molecular weight excluding hydrogens is 316 g/mol. The van der Waals surface area contributed by atoms with Crippen LogP contribution in [-0.2, 0) is 12.3 Å². The lowest BCUT2D eigenvalue weighted by molar-refractivity contribution is 0.402. The lowest BCUT2D eigenvalue weighted by atomic mass is 10.2. The predicted molar refractivity (Wildman–Crippen MR) is 95.5 cm³/mol. The van der Waals surface area contributed by atoms with Crippen LogP contribution in [0.5, 0.6) is 0 Å². The summed E-state index contributed by atoms with van der Waals surface area (Å²) in [5, 5.41) is 9.05. The van der Waals surface area contributed by atoms with E-state index in [0.717, 1.165) is 30.3 Å². The molecule has 0 aromatic carbocycles. The van der Waals surface area contributed by atoms with Crippen molar-refractivity contribution < 1.29 is 0 Å². The molecule has 0 unspecified atom stereocenters. The van der Waals surface area contributed by atoms with E-state index in [2.05, 4.69) is 52.0 Å². The van der Waals surface area contributed by atoms with E-state index in [4.69, 9.17) is 5.26 Å². The number of pyridine rings is 1. The highest BCUT2D eigenvalue weighted by Gasteiger charge is 2.00. The van der Waals surface area contributed by atoms with Gasteiger partial charge in [0.2, 0.25) is 6.19 Å². The third-order valence-electron chi connectivity index (χ3n) is 2.54. The smallest absolute Gasteiger partial charge is 0.208 e. The molecule has 8 heteroatoms. The maximum atomic E-state index is 8.48. The molecule has 0 saturated heterocycles. The Hall–Kier alpha value is -1.27. The van der Waals surface area contributed by atoms with Gasteiger partial charge in [0.15, 0.2) is 5.17 Å². The molecule has 1 heterocycles. The highest BCUT2D eigenvalue weighted by molar-refractivity contribution is 8.13. The molecule has 0 atom stereocenters. The van der Waals surface area contributed by atoms with Crippen molar-refractivity contribution in [3.63, 3.8) is 0 Å². The Morgan fingerprint density at radius 3 is 3.00 bits per heavy atom. The van der Waals surface area contributed by atoms with Gasteiger partial charge >= 0.3 is 0 Å². The van der Waals surface area contributed by atoms with Gasteiger partial charge in [-0.3, -0.25) is 10.4 Å². The van der Waals surface area contributed by atoms with Crippen molar-refractivity contribution in [2.45, 2.75) is 12.3 Å². The second kappa shape index (κ2) is 11.3. The molecule has 0 radical (unpaired) electrons. The first-order valence-corrected chi connectivity index (χ1v) is 9.19. The number of hydrogen-bond donors (Lipinski definition) is 2. The van der Waals surface area contributed by atoms with Gasteiger partial charge in [0, 0.05) is 30.8 Å². The average molecular weight is 339 g/mol. The van der Waals surface area contributed by atoms with Gasteiger partial charge in [0.05, 0.1) is 5.69 Å². The number of nitriles is 1. The molecular formula is C14H22N6S2. The molecule has 0 amide bonds. The molecule has 1 rings (SSSR count). The summed E-state index contributed by atoms with van der Waals surface area (Å²) in [6, 6.07) is 4.21. The second-order valence-electron chi connectivity index (χ2n) is 4.72. The van der Waals surface area contributed by atoms with Crippen LogP contribution in [0.25, 0.3) is 0 Å². The number of nitrogens with zero attached hydrogens (tertiary/aromatic N) is 4. The summed E-state index contributed by atoms with van der Waals surface area (Å²) in [6.45, 7) is 1.72. The van der Waals surface area contributed by atoms with Gasteiger partial charge in [0.1, 0.15) is 0 Å². The first-order chi connectivity index (χ1) is 10.7. The summed E-state index contributed by atoms with van der Waals surface area (Å²) >= 11 is 3.21. The molecule has 120 valence electrons. The Kier molecular flexibility index (Phi) is 9.66. The number of thioether (sulfide) groups is 2. The summed E-state index contributed by atoms with van der Waals surface area (Å²) in [6.07, 6.45) is 5.50. The first kappa shape index (κ1) is 18.8. The van der Waals surface area contributed by atoms with E-state index < -0.39 is 0 Å². The summed E-state index contributed by atoms with van der Waals surface area (Å²) in [5.41, 5.74) is 8.34. The molecule has 0 aliphatic heterocycles. The minimum atomic E-state index is 0.575. The van der Waals surface area contributed by atoms with Crippen molar-refractivity contribution in [1.29, 1.82) is 5.26 Å². The van der Waals surface area contributed by atoms with Crippen LogP contribution in [0.2, 0.25) is 0 Å². The molecule has 0 bridgehead atoms. The Morgan fingerprint density at radius 1 is 1.50 bits per heavy atom. The Bertz CT molecular complexity index is 512. The van der Waals surface area contributed by atoms with Crippen molar-refractivity contribution in [3.8, 4) is 6.19 Å². The van der Waals surface area contributed by atoms with Crippen LogP contribution < -0.4 is 10.9 Å². The largest absolute Gasteiger partial charge is 0.305 e. The first-order valence-electron chi connectivity index (χ1n) is 6.81. The molecule has 2 N–H and O–H groups in total. The van der Waals surface area contributed by atoms with Crippen LogP contribution in [0.3, 0.4) is 0 Å². The fraction of sp³-hybridized carbons (Fsp3) is 0.500. The highest BCUT2D eigenvalue weighted by Crippen LogP contribution is 2.11. The molecule has 22 heavy (non-hydrogen) atoms. The van der Waals surface area contributed by atoms with E-state index in [1.165, 1.54) is 17.3 Å². The zero-order valence-corrected chi connectivity index (χ0v) is 14.8. The number of aromatic nitrogens is 1. The fourth-order valence-electron chi connectivity index (χ4n) is 1.68. The topological polar surface area (TPSA) is 76.3 Å². The molecule has 0 aliphatic rings. The van der Waals surface area contributed by atoms with E-state index in [0.29, 0.717) is 5.17 Å². The lowest BCUT2D eigenvalue weighted by Gasteiger charge is -2.10. The van der Waals surface area contributed by atoms with Crippen LogP contribution in [0.15, 0.2) is 23.3 Å². The van der Waals surface area contributed by atoms with E-state index in [1.54, 1.807) is 6.19 Å². The molecule has 0 fully saturated rings. The minimum absolute atomic E-state index is 0.575. The maximum absolute atomic E-state index is 8.48. The number of hydrogen-bond acceptors (Lipinski definition) is 7. The second-order valence-corrected chi connectivity index (χ2v) is 6.62. The summed E-state index contributed by atoms with van der Waals surface area (Å²) in [5.74, 6) is 1.84.